The molecule has 6 rings (SSSR count). The number of rotatable bonds is 15. The van der Waals surface area contributed by atoms with Crippen molar-refractivity contribution in [3.05, 3.63) is 140 Å². The van der Waals surface area contributed by atoms with E-state index in [1.165, 1.54) is 61.5 Å². The lowest BCUT2D eigenvalue weighted by atomic mass is 9.87. The van der Waals surface area contributed by atoms with E-state index in [0.29, 0.717) is 38.6 Å². The van der Waals surface area contributed by atoms with Gasteiger partial charge in [0.2, 0.25) is 11.2 Å². The lowest BCUT2D eigenvalue weighted by Gasteiger charge is -2.27. The lowest BCUT2D eigenvalue weighted by Crippen LogP contribution is -2.46. The summed E-state index contributed by atoms with van der Waals surface area (Å²) in [6.45, 7) is 21.0. The molecule has 0 aliphatic heterocycles. The summed E-state index contributed by atoms with van der Waals surface area (Å²) in [5.74, 6) is -1.05. The van der Waals surface area contributed by atoms with Crippen molar-refractivity contribution in [2.45, 2.75) is 112 Å². The Morgan fingerprint density at radius 2 is 0.938 bits per heavy atom. The van der Waals surface area contributed by atoms with E-state index in [4.69, 9.17) is 14.2 Å². The van der Waals surface area contributed by atoms with E-state index in [0.717, 1.165) is 32.3 Å². The van der Waals surface area contributed by atoms with E-state index < -0.39 is 23.1 Å². The molecule has 2 N–H and O–H groups in total. The maximum atomic E-state index is 13.2. The third kappa shape index (κ3) is 11.7. The average molecular weight is 901 g/mol. The largest absolute Gasteiger partial charge is 0.476 e. The molecule has 334 valence electrons. The smallest absolute Gasteiger partial charge is 0.357 e. The molecule has 0 spiro atoms. The summed E-state index contributed by atoms with van der Waals surface area (Å²) >= 11 is 2.72. The first-order chi connectivity index (χ1) is 30.1. The number of nitrogens with zero attached hydrogens (tertiary/aromatic N) is 2. The van der Waals surface area contributed by atoms with Crippen LogP contribution in [0.1, 0.15) is 121 Å². The Morgan fingerprint density at radius 3 is 1.30 bits per heavy atom. The van der Waals surface area contributed by atoms with Crippen molar-refractivity contribution in [2.24, 2.45) is 0 Å². The summed E-state index contributed by atoms with van der Waals surface area (Å²) in [5.41, 5.74) is 4.36. The normalized spacial score (nSPS) is 11.9. The van der Waals surface area contributed by atoms with E-state index in [9.17, 15) is 19.2 Å². The van der Waals surface area contributed by atoms with Gasteiger partial charge >= 0.3 is 11.9 Å². The Labute approximate surface area is 383 Å². The number of aryl methyl sites for hydroxylation is 2. The van der Waals surface area contributed by atoms with Crippen molar-refractivity contribution in [1.29, 1.82) is 0 Å². The van der Waals surface area contributed by atoms with Crippen LogP contribution in [0.5, 0.6) is 11.5 Å². The molecule has 0 aliphatic rings. The van der Waals surface area contributed by atoms with Gasteiger partial charge in [0, 0.05) is 24.2 Å². The van der Waals surface area contributed by atoms with Crippen molar-refractivity contribution in [3.8, 4) is 32.6 Å². The Kier molecular flexibility index (Phi) is 14.3. The molecule has 0 bridgehead atoms. The fourth-order valence-electron chi connectivity index (χ4n) is 6.46. The fraction of sp³-hybridized carbons (Fsp3) is 0.333. The van der Waals surface area contributed by atoms with Gasteiger partial charge in [0.25, 0.3) is 11.8 Å². The third-order valence-corrected chi connectivity index (χ3v) is 12.9. The van der Waals surface area contributed by atoms with Crippen LogP contribution >= 0.6 is 22.7 Å². The van der Waals surface area contributed by atoms with Crippen molar-refractivity contribution < 1.29 is 33.4 Å². The van der Waals surface area contributed by atoms with E-state index >= 15 is 0 Å². The topological polar surface area (TPSA) is 146 Å². The number of ether oxygens (including phenoxy) is 3. The van der Waals surface area contributed by atoms with Gasteiger partial charge in [-0.2, -0.15) is 0 Å². The Morgan fingerprint density at radius 1 is 0.562 bits per heavy atom. The molecule has 6 aromatic rings. The highest BCUT2D eigenvalue weighted by atomic mass is 32.1. The van der Waals surface area contributed by atoms with Gasteiger partial charge in [0.1, 0.15) is 31.3 Å². The van der Waals surface area contributed by atoms with Gasteiger partial charge in [-0.3, -0.25) is 9.59 Å². The molecular formula is C51H56N4O7S2. The predicted molar refractivity (Wildman–Crippen MR) is 253 cm³/mol. The Hall–Kier alpha value is -6.18. The molecule has 0 aliphatic carbocycles. The maximum Gasteiger partial charge on any atom is 0.357 e. The number of amides is 2. The summed E-state index contributed by atoms with van der Waals surface area (Å²) in [7, 11) is 0. The molecule has 4 aromatic carbocycles. The van der Waals surface area contributed by atoms with Crippen LogP contribution in [0.3, 0.4) is 0 Å². The van der Waals surface area contributed by atoms with Gasteiger partial charge in [-0.05, 0) is 99.4 Å². The number of carbonyl (C=O) groups is 4. The van der Waals surface area contributed by atoms with Gasteiger partial charge < -0.3 is 24.8 Å². The SMILES string of the molecule is Cc1nc(-c2ccc(C(C)C)cc2)sc1C(=O)NCc1ccc(OC(C)(C)C(=O)OC(=O)C(C)(C)Oc2ccc(CNC(=O)c3sc(-c4ccc(C(C)(C)C)cc4)nc3C)cc2)cc1. The van der Waals surface area contributed by atoms with Crippen LogP contribution in [0.4, 0.5) is 0 Å². The molecule has 2 amide bonds. The highest BCUT2D eigenvalue weighted by molar-refractivity contribution is 7.17. The molecular weight excluding hydrogens is 845 g/mol. The van der Waals surface area contributed by atoms with Crippen molar-refractivity contribution in [3.63, 3.8) is 0 Å². The monoisotopic (exact) mass is 900 g/mol. The summed E-state index contributed by atoms with van der Waals surface area (Å²) in [6, 6.07) is 30.4. The highest BCUT2D eigenvalue weighted by Gasteiger charge is 2.40. The first kappa shape index (κ1) is 47.3. The van der Waals surface area contributed by atoms with Gasteiger partial charge in [-0.15, -0.1) is 22.7 Å². The number of nitrogens with one attached hydrogen (secondary N) is 2. The number of benzene rings is 4. The molecule has 64 heavy (non-hydrogen) atoms. The first-order valence-electron chi connectivity index (χ1n) is 21.1. The van der Waals surface area contributed by atoms with Gasteiger partial charge in [-0.25, -0.2) is 19.6 Å². The van der Waals surface area contributed by atoms with E-state index in [2.05, 4.69) is 79.5 Å². The van der Waals surface area contributed by atoms with Crippen LogP contribution in [-0.2, 0) is 32.8 Å². The lowest BCUT2D eigenvalue weighted by molar-refractivity contribution is -0.178. The van der Waals surface area contributed by atoms with Gasteiger partial charge in [0.15, 0.2) is 0 Å². The second-order valence-electron chi connectivity index (χ2n) is 18.0. The Balaban J connectivity index is 0.957. The summed E-state index contributed by atoms with van der Waals surface area (Å²) in [5, 5.41) is 7.51. The number of aromatic nitrogens is 2. The van der Waals surface area contributed by atoms with Gasteiger partial charge in [0.05, 0.1) is 11.4 Å². The molecule has 0 unspecified atom stereocenters. The minimum absolute atomic E-state index is 0.0437. The summed E-state index contributed by atoms with van der Waals surface area (Å²) in [4.78, 5) is 63.1. The van der Waals surface area contributed by atoms with Crippen molar-refractivity contribution >= 4 is 46.4 Å². The van der Waals surface area contributed by atoms with Crippen LogP contribution < -0.4 is 20.1 Å². The minimum Gasteiger partial charge on any atom is -0.476 e. The number of hydrogen-bond donors (Lipinski definition) is 2. The third-order valence-electron chi connectivity index (χ3n) is 10.5. The number of carbonyl (C=O) groups excluding carboxylic acids is 4. The zero-order valence-electron chi connectivity index (χ0n) is 38.3. The van der Waals surface area contributed by atoms with Crippen LogP contribution in [-0.4, -0.2) is 44.9 Å². The minimum atomic E-state index is -1.53. The number of hydrogen-bond acceptors (Lipinski definition) is 11. The zero-order valence-corrected chi connectivity index (χ0v) is 39.9. The second-order valence-corrected chi connectivity index (χ2v) is 20.0. The first-order valence-corrected chi connectivity index (χ1v) is 22.8. The molecule has 0 atom stereocenters. The van der Waals surface area contributed by atoms with Crippen LogP contribution in [0.15, 0.2) is 97.1 Å². The molecule has 2 aromatic heterocycles. The van der Waals surface area contributed by atoms with Crippen LogP contribution in [0.25, 0.3) is 21.1 Å². The zero-order chi connectivity index (χ0) is 46.6. The van der Waals surface area contributed by atoms with Gasteiger partial charge in [-0.1, -0.05) is 107 Å². The average Bonchev–Trinajstić information content (AvgIpc) is 3.84. The molecule has 0 radical (unpaired) electrons. The molecule has 13 heteroatoms. The van der Waals surface area contributed by atoms with E-state index in [1.54, 1.807) is 48.5 Å². The molecule has 0 saturated carbocycles. The molecule has 11 nitrogen and oxygen atoms in total. The van der Waals surface area contributed by atoms with Crippen LogP contribution in [0, 0.1) is 13.8 Å². The molecule has 2 heterocycles. The Bertz CT molecular complexity index is 2620. The number of esters is 2. The standard InChI is InChI=1S/C51H56N4O7S2/c1-30(2)35-16-18-36(19-17-35)45-54-31(3)41(63-45)43(56)52-28-33-12-24-39(25-13-33)61-50(8,9)47(58)60-48(59)51(10,11)62-40-26-14-34(15-27-40)29-53-44(57)42-32(4)55-46(64-42)37-20-22-38(23-21-37)49(5,6)7/h12-27,30H,28-29H2,1-11H3,(H,52,56)(H,53,57). The van der Waals surface area contributed by atoms with E-state index in [1.807, 2.05) is 38.1 Å². The molecule has 0 saturated heterocycles. The number of thiazole rings is 2. The summed E-state index contributed by atoms with van der Waals surface area (Å²) < 4.78 is 17.2. The molecule has 0 fully saturated rings. The van der Waals surface area contributed by atoms with Crippen molar-refractivity contribution in [1.82, 2.24) is 20.6 Å². The second kappa shape index (κ2) is 19.3. The predicted octanol–water partition coefficient (Wildman–Crippen LogP) is 10.9. The fourth-order valence-corrected chi connectivity index (χ4v) is 8.44. The summed E-state index contributed by atoms with van der Waals surface area (Å²) in [6.07, 6.45) is 0. The van der Waals surface area contributed by atoms with Crippen LogP contribution in [0.2, 0.25) is 0 Å². The van der Waals surface area contributed by atoms with E-state index in [-0.39, 0.29) is 30.3 Å². The van der Waals surface area contributed by atoms with Crippen molar-refractivity contribution in [2.75, 3.05) is 0 Å². The maximum absolute atomic E-state index is 13.2. The highest BCUT2D eigenvalue weighted by Crippen LogP contribution is 2.32. The quantitative estimate of drug-likeness (QED) is 0.0759.